The first kappa shape index (κ1) is 24.9. The minimum Gasteiger partial charge on any atom is -0.325 e. The molecule has 0 spiro atoms. The van der Waals surface area contributed by atoms with E-state index < -0.39 is 5.41 Å². The number of nitrogens with two attached hydrogens (primary N) is 1. The van der Waals surface area contributed by atoms with Gasteiger partial charge in [0.05, 0.1) is 0 Å². The van der Waals surface area contributed by atoms with E-state index in [0.717, 1.165) is 44.9 Å². The quantitative estimate of drug-likeness (QED) is 0.442. The number of nitrogens with zero attached hydrogens (tertiary/aromatic N) is 1. The highest BCUT2D eigenvalue weighted by molar-refractivity contribution is 6.05. The minimum atomic E-state index is -0.522. The van der Waals surface area contributed by atoms with Gasteiger partial charge in [0.1, 0.15) is 5.57 Å². The highest BCUT2D eigenvalue weighted by atomic mass is 16.1. The van der Waals surface area contributed by atoms with E-state index in [0.29, 0.717) is 5.57 Å². The van der Waals surface area contributed by atoms with Crippen molar-refractivity contribution in [1.29, 1.82) is 0 Å². The van der Waals surface area contributed by atoms with Crippen LogP contribution in [0, 0.1) is 50.9 Å². The molecule has 0 unspecified atom stereocenters. The molecular weight excluding hydrogens is 432 g/mol. The van der Waals surface area contributed by atoms with Crippen molar-refractivity contribution in [2.24, 2.45) is 50.6 Å². The average molecular weight is 478 g/mol. The molecule has 0 aromatic heterocycles. The zero-order valence-corrected chi connectivity index (χ0v) is 23.2. The molecule has 0 saturated heterocycles. The van der Waals surface area contributed by atoms with Gasteiger partial charge >= 0.3 is 6.07 Å². The Hall–Kier alpha value is -1.73. The van der Waals surface area contributed by atoms with E-state index in [2.05, 4.69) is 65.5 Å². The maximum Gasteiger partial charge on any atom is 0.314 e. The standard InChI is InChI=1S/C31H45N2O2/c1-26(2)11-13-31(32)14-12-30(7)24(20(31)17-26)21(34)15-23-28(5)16-19(18-33-8)25(35)27(3,4)22(28)9-10-29(23,30)6/h15-16,20,22,24H,9-14,17,32H2,1-8H3/q+1/t20-,22-,24-,28-,29+,30+,31-/m0/s1. The van der Waals surface area contributed by atoms with Gasteiger partial charge in [0.25, 0.3) is 7.05 Å². The monoisotopic (exact) mass is 477 g/mol. The summed E-state index contributed by atoms with van der Waals surface area (Å²) in [5, 5.41) is 0. The van der Waals surface area contributed by atoms with E-state index in [-0.39, 0.29) is 56.5 Å². The van der Waals surface area contributed by atoms with Gasteiger partial charge in [-0.1, -0.05) is 58.9 Å². The Morgan fingerprint density at radius 3 is 2.29 bits per heavy atom. The molecule has 0 aromatic rings. The van der Waals surface area contributed by atoms with Crippen molar-refractivity contribution in [3.63, 3.8) is 0 Å². The first-order chi connectivity index (χ1) is 16.1. The minimum absolute atomic E-state index is 0.0276. The van der Waals surface area contributed by atoms with Gasteiger partial charge in [0.15, 0.2) is 11.6 Å². The molecule has 35 heavy (non-hydrogen) atoms. The van der Waals surface area contributed by atoms with Gasteiger partial charge in [-0.05, 0) is 85.2 Å². The molecule has 0 bridgehead atoms. The van der Waals surface area contributed by atoms with Gasteiger partial charge in [-0.3, -0.25) is 9.59 Å². The second-order valence-electron chi connectivity index (χ2n) is 14.7. The summed E-state index contributed by atoms with van der Waals surface area (Å²) in [5.41, 5.74) is 7.79. The molecule has 4 heteroatoms. The fourth-order valence-corrected chi connectivity index (χ4v) is 9.79. The van der Waals surface area contributed by atoms with Crippen molar-refractivity contribution < 1.29 is 9.59 Å². The summed E-state index contributed by atoms with van der Waals surface area (Å²) in [5.74, 6) is 0.754. The molecule has 190 valence electrons. The van der Waals surface area contributed by atoms with Gasteiger partial charge in [-0.25, -0.2) is 0 Å². The highest BCUT2D eigenvalue weighted by Crippen LogP contribution is 2.73. The third-order valence-electron chi connectivity index (χ3n) is 12.0. The number of Topliss-reactive ketones (excluding diaryl/α,β-unsaturated/α-hetero) is 1. The van der Waals surface area contributed by atoms with Crippen LogP contribution in [-0.4, -0.2) is 24.2 Å². The summed E-state index contributed by atoms with van der Waals surface area (Å²) in [6.45, 7) is 15.9. The fraction of sp³-hybridized carbons (Fsp3) is 0.774. The molecule has 5 aliphatic carbocycles. The lowest BCUT2D eigenvalue weighted by Gasteiger charge is -2.68. The van der Waals surface area contributed by atoms with Crippen LogP contribution in [0.3, 0.4) is 0 Å². The Morgan fingerprint density at radius 2 is 1.63 bits per heavy atom. The molecule has 0 heterocycles. The lowest BCUT2D eigenvalue weighted by molar-refractivity contribution is -0.158. The molecule has 0 aromatic carbocycles. The van der Waals surface area contributed by atoms with E-state index >= 15 is 0 Å². The Labute approximate surface area is 212 Å². The second kappa shape index (κ2) is 7.18. The maximum absolute atomic E-state index is 14.2. The number of carbonyl (C=O) groups excluding carboxylic acids is 2. The molecule has 3 fully saturated rings. The lowest BCUT2D eigenvalue weighted by Crippen LogP contribution is -2.68. The van der Waals surface area contributed by atoms with Crippen LogP contribution in [0.4, 0.5) is 0 Å². The van der Waals surface area contributed by atoms with Crippen molar-refractivity contribution >= 4 is 11.6 Å². The lowest BCUT2D eigenvalue weighted by atomic mass is 9.35. The Morgan fingerprint density at radius 1 is 0.971 bits per heavy atom. The Kier molecular flexibility index (Phi) is 5.12. The van der Waals surface area contributed by atoms with E-state index in [1.54, 1.807) is 7.05 Å². The molecule has 4 nitrogen and oxygen atoms in total. The zero-order valence-electron chi connectivity index (χ0n) is 23.2. The number of fused-ring (bicyclic) bond motifs is 7. The topological polar surface area (TPSA) is 64.5 Å². The van der Waals surface area contributed by atoms with E-state index in [4.69, 9.17) is 5.73 Å². The average Bonchev–Trinajstić information content (AvgIpc) is 2.75. The molecule has 0 amide bonds. The molecule has 3 saturated carbocycles. The smallest absolute Gasteiger partial charge is 0.314 e. The van der Waals surface area contributed by atoms with E-state index in [1.807, 2.05) is 6.08 Å². The number of hydrogen-bond acceptors (Lipinski definition) is 3. The first-order valence-electron chi connectivity index (χ1n) is 13.7. The molecule has 0 radical (unpaired) electrons. The largest absolute Gasteiger partial charge is 0.325 e. The summed E-state index contributed by atoms with van der Waals surface area (Å²) in [6.07, 6.45) is 11.3. The maximum atomic E-state index is 14.2. The van der Waals surface area contributed by atoms with Crippen LogP contribution in [-0.2, 0) is 9.59 Å². The van der Waals surface area contributed by atoms with Crippen LogP contribution in [0.15, 0.2) is 23.3 Å². The SMILES string of the molecule is C[N+]#CC1=C[C@]2(C)C3=CC(=O)[C@@H]4[C@@H]5CC(C)(C)CC[C@]5(N)CC[C@@]4(C)[C@]3(C)CC[C@H]2C(C)(C)C1=O. The van der Waals surface area contributed by atoms with Gasteiger partial charge in [-0.15, -0.1) is 0 Å². The van der Waals surface area contributed by atoms with Gasteiger partial charge in [0.2, 0.25) is 0 Å². The second-order valence-corrected chi connectivity index (χ2v) is 14.7. The summed E-state index contributed by atoms with van der Waals surface area (Å²) in [4.78, 5) is 31.7. The Bertz CT molecular complexity index is 1130. The predicted molar refractivity (Wildman–Crippen MR) is 141 cm³/mol. The highest BCUT2D eigenvalue weighted by Gasteiger charge is 2.69. The van der Waals surface area contributed by atoms with Crippen molar-refractivity contribution in [2.45, 2.75) is 99.0 Å². The third-order valence-corrected chi connectivity index (χ3v) is 12.0. The molecule has 5 aliphatic rings. The van der Waals surface area contributed by atoms with Crippen LogP contribution in [0.2, 0.25) is 0 Å². The third kappa shape index (κ3) is 3.06. The number of hydrogen-bond donors (Lipinski definition) is 1. The van der Waals surface area contributed by atoms with Crippen molar-refractivity contribution in [2.75, 3.05) is 7.05 Å². The summed E-state index contributed by atoms with van der Waals surface area (Å²) in [6, 6.07) is 2.99. The van der Waals surface area contributed by atoms with Crippen LogP contribution in [0.25, 0.3) is 4.85 Å². The first-order valence-corrected chi connectivity index (χ1v) is 13.7. The number of allylic oxidation sites excluding steroid dienone is 4. The van der Waals surface area contributed by atoms with Gasteiger partial charge in [-0.2, -0.15) is 0 Å². The van der Waals surface area contributed by atoms with Crippen LogP contribution in [0.1, 0.15) is 93.4 Å². The summed E-state index contributed by atoms with van der Waals surface area (Å²) < 4.78 is 0. The molecule has 5 rings (SSSR count). The van der Waals surface area contributed by atoms with Crippen LogP contribution >= 0.6 is 0 Å². The summed E-state index contributed by atoms with van der Waals surface area (Å²) in [7, 11) is 1.67. The van der Waals surface area contributed by atoms with Gasteiger partial charge in [0, 0.05) is 22.3 Å². The van der Waals surface area contributed by atoms with Crippen molar-refractivity contribution in [3.05, 3.63) is 28.1 Å². The molecule has 0 aliphatic heterocycles. The van der Waals surface area contributed by atoms with Crippen LogP contribution in [0.5, 0.6) is 0 Å². The van der Waals surface area contributed by atoms with Crippen molar-refractivity contribution in [1.82, 2.24) is 0 Å². The molecular formula is C31H45N2O2+. The van der Waals surface area contributed by atoms with E-state index in [1.165, 1.54) is 5.57 Å². The van der Waals surface area contributed by atoms with Crippen LogP contribution < -0.4 is 5.73 Å². The Balaban J connectivity index is 1.69. The normalized spacial score (nSPS) is 47.6. The molecule has 2 N–H and O–H groups in total. The van der Waals surface area contributed by atoms with Crippen molar-refractivity contribution in [3.8, 4) is 6.07 Å². The fourth-order valence-electron chi connectivity index (χ4n) is 9.79. The molecule has 7 atom stereocenters. The predicted octanol–water partition coefficient (Wildman–Crippen LogP) is 6.36. The van der Waals surface area contributed by atoms with Gasteiger partial charge < -0.3 is 5.73 Å². The van der Waals surface area contributed by atoms with E-state index in [9.17, 15) is 9.59 Å². The number of ketones is 2. The summed E-state index contributed by atoms with van der Waals surface area (Å²) >= 11 is 0. The zero-order chi connectivity index (χ0) is 25.8. The number of rotatable bonds is 0. The number of carbonyl (C=O) groups is 2.